The fourth-order valence-corrected chi connectivity index (χ4v) is 4.34. The Balaban J connectivity index is 1.53. The summed E-state index contributed by atoms with van der Waals surface area (Å²) in [6.07, 6.45) is 5.35. The average molecular weight is 440 g/mol. The number of carbonyl (C=O) groups excluding carboxylic acids is 1. The first-order valence-corrected chi connectivity index (χ1v) is 11.2. The van der Waals surface area contributed by atoms with Gasteiger partial charge >= 0.3 is 5.63 Å². The molecular formula is C25H26ClNO4. The normalized spacial score (nSPS) is 15.5. The van der Waals surface area contributed by atoms with Crippen LogP contribution in [0.15, 0.2) is 57.7 Å². The lowest BCUT2D eigenvalue weighted by atomic mass is 9.89. The maximum Gasteiger partial charge on any atom is 0.336 e. The second-order valence-corrected chi connectivity index (χ2v) is 8.54. The van der Waals surface area contributed by atoms with Crippen LogP contribution in [0.5, 0.6) is 5.75 Å². The van der Waals surface area contributed by atoms with Gasteiger partial charge in [0.1, 0.15) is 11.3 Å². The second kappa shape index (κ2) is 9.56. The summed E-state index contributed by atoms with van der Waals surface area (Å²) in [7, 11) is 0. The summed E-state index contributed by atoms with van der Waals surface area (Å²) >= 11 is 6.47. The number of nitrogens with one attached hydrogen (secondary N) is 1. The molecule has 1 saturated carbocycles. The highest BCUT2D eigenvalue weighted by molar-refractivity contribution is 6.33. The van der Waals surface area contributed by atoms with Gasteiger partial charge in [0.05, 0.1) is 5.02 Å². The van der Waals surface area contributed by atoms with E-state index in [-0.39, 0.29) is 5.91 Å². The molecule has 1 aliphatic carbocycles. The second-order valence-electron chi connectivity index (χ2n) is 8.13. The minimum Gasteiger partial charge on any atom is -0.479 e. The molecule has 162 valence electrons. The maximum atomic E-state index is 12.5. The molecule has 0 spiro atoms. The van der Waals surface area contributed by atoms with Gasteiger partial charge in [0.2, 0.25) is 0 Å². The third kappa shape index (κ3) is 5.10. The lowest BCUT2D eigenvalue weighted by molar-refractivity contribution is -0.127. The van der Waals surface area contributed by atoms with Gasteiger partial charge in [0, 0.05) is 24.1 Å². The standard InChI is InChI=1S/C25H26ClNO4/c1-16(25(29)27-15-17-8-4-2-5-9-17)30-23-14-22-20(12-21(23)26)19(13-24(28)31-22)18-10-6-3-7-11-18/h3,6-7,10-14,16-17H,2,4-5,8-9,15H2,1H3,(H,27,29). The zero-order chi connectivity index (χ0) is 21.8. The number of amides is 1. The van der Waals surface area contributed by atoms with Crippen molar-refractivity contribution < 1.29 is 13.9 Å². The van der Waals surface area contributed by atoms with E-state index in [2.05, 4.69) is 5.32 Å². The number of hydrogen-bond donors (Lipinski definition) is 1. The molecule has 0 aliphatic heterocycles. The van der Waals surface area contributed by atoms with E-state index in [1.807, 2.05) is 30.3 Å². The summed E-state index contributed by atoms with van der Waals surface area (Å²) < 4.78 is 11.2. The van der Waals surface area contributed by atoms with E-state index in [1.54, 1.807) is 19.1 Å². The van der Waals surface area contributed by atoms with Gasteiger partial charge in [-0.25, -0.2) is 4.79 Å². The van der Waals surface area contributed by atoms with Crippen LogP contribution in [0.1, 0.15) is 39.0 Å². The summed E-state index contributed by atoms with van der Waals surface area (Å²) in [6.45, 7) is 2.36. The van der Waals surface area contributed by atoms with Crippen molar-refractivity contribution in [1.29, 1.82) is 0 Å². The minimum atomic E-state index is -0.720. The van der Waals surface area contributed by atoms with Gasteiger partial charge in [-0.15, -0.1) is 0 Å². The number of hydrogen-bond acceptors (Lipinski definition) is 4. The molecule has 3 aromatic rings. The van der Waals surface area contributed by atoms with Crippen molar-refractivity contribution in [3.8, 4) is 16.9 Å². The van der Waals surface area contributed by atoms with Crippen molar-refractivity contribution in [3.63, 3.8) is 0 Å². The molecule has 2 aromatic carbocycles. The minimum absolute atomic E-state index is 0.179. The van der Waals surface area contributed by atoms with Crippen molar-refractivity contribution >= 4 is 28.5 Å². The highest BCUT2D eigenvalue weighted by atomic mass is 35.5. The lowest BCUT2D eigenvalue weighted by Gasteiger charge is -2.23. The van der Waals surface area contributed by atoms with Gasteiger partial charge in [0.25, 0.3) is 5.91 Å². The zero-order valence-electron chi connectivity index (χ0n) is 17.5. The third-order valence-electron chi connectivity index (χ3n) is 5.84. The number of carbonyl (C=O) groups is 1. The van der Waals surface area contributed by atoms with E-state index in [0.717, 1.165) is 24.0 Å². The molecular weight excluding hydrogens is 414 g/mol. The Morgan fingerprint density at radius 3 is 2.65 bits per heavy atom. The van der Waals surface area contributed by atoms with E-state index >= 15 is 0 Å². The van der Waals surface area contributed by atoms with Crippen LogP contribution >= 0.6 is 11.6 Å². The van der Waals surface area contributed by atoms with Crippen molar-refractivity contribution in [2.45, 2.75) is 45.1 Å². The van der Waals surface area contributed by atoms with E-state index in [1.165, 1.54) is 25.3 Å². The average Bonchev–Trinajstić information content (AvgIpc) is 2.79. The van der Waals surface area contributed by atoms with Crippen molar-refractivity contribution in [3.05, 3.63) is 64.0 Å². The van der Waals surface area contributed by atoms with Gasteiger partial charge in [-0.3, -0.25) is 4.79 Å². The predicted molar refractivity (Wildman–Crippen MR) is 123 cm³/mol. The first-order chi connectivity index (χ1) is 15.0. The van der Waals surface area contributed by atoms with Gasteiger partial charge in [0.15, 0.2) is 6.10 Å². The number of ether oxygens (including phenoxy) is 1. The Bertz CT molecular complexity index is 1120. The van der Waals surface area contributed by atoms with Gasteiger partial charge < -0.3 is 14.5 Å². The molecule has 4 rings (SSSR count). The van der Waals surface area contributed by atoms with Crippen LogP contribution in [0.3, 0.4) is 0 Å². The zero-order valence-corrected chi connectivity index (χ0v) is 18.3. The molecule has 1 amide bonds. The van der Waals surface area contributed by atoms with Crippen LogP contribution in [-0.4, -0.2) is 18.6 Å². The maximum absolute atomic E-state index is 12.5. The Morgan fingerprint density at radius 2 is 1.90 bits per heavy atom. The SMILES string of the molecule is CC(Oc1cc2oc(=O)cc(-c3ccccc3)c2cc1Cl)C(=O)NCC1CCCCC1. The monoisotopic (exact) mass is 439 g/mol. The number of benzene rings is 2. The first kappa shape index (κ1) is 21.4. The highest BCUT2D eigenvalue weighted by Crippen LogP contribution is 2.35. The van der Waals surface area contributed by atoms with E-state index in [0.29, 0.717) is 34.2 Å². The van der Waals surface area contributed by atoms with Crippen molar-refractivity contribution in [2.75, 3.05) is 6.54 Å². The molecule has 6 heteroatoms. The van der Waals surface area contributed by atoms with Crippen molar-refractivity contribution in [2.24, 2.45) is 5.92 Å². The van der Waals surface area contributed by atoms with Crippen LogP contribution in [0.4, 0.5) is 0 Å². The molecule has 5 nitrogen and oxygen atoms in total. The predicted octanol–water partition coefficient (Wildman–Crippen LogP) is 5.58. The number of fused-ring (bicyclic) bond motifs is 1. The molecule has 1 heterocycles. The molecule has 1 aromatic heterocycles. The Morgan fingerprint density at radius 1 is 1.16 bits per heavy atom. The quantitative estimate of drug-likeness (QED) is 0.509. The van der Waals surface area contributed by atoms with Crippen LogP contribution < -0.4 is 15.7 Å². The Kier molecular flexibility index (Phi) is 6.62. The fourth-order valence-electron chi connectivity index (χ4n) is 4.13. The van der Waals surface area contributed by atoms with Crippen LogP contribution in [0.2, 0.25) is 5.02 Å². The van der Waals surface area contributed by atoms with Gasteiger partial charge in [-0.1, -0.05) is 61.2 Å². The summed E-state index contributed by atoms with van der Waals surface area (Å²) in [5.74, 6) is 0.670. The van der Waals surface area contributed by atoms with Crippen LogP contribution in [-0.2, 0) is 4.79 Å². The van der Waals surface area contributed by atoms with E-state index in [9.17, 15) is 9.59 Å². The van der Waals surface area contributed by atoms with Crippen molar-refractivity contribution in [1.82, 2.24) is 5.32 Å². The summed E-state index contributed by atoms with van der Waals surface area (Å²) in [4.78, 5) is 24.6. The molecule has 1 unspecified atom stereocenters. The van der Waals surface area contributed by atoms with Crippen LogP contribution in [0.25, 0.3) is 22.1 Å². The molecule has 1 aliphatic rings. The summed E-state index contributed by atoms with van der Waals surface area (Å²) in [5, 5.41) is 4.05. The topological polar surface area (TPSA) is 68.5 Å². The molecule has 1 N–H and O–H groups in total. The first-order valence-electron chi connectivity index (χ1n) is 10.8. The Labute approximate surface area is 186 Å². The van der Waals surface area contributed by atoms with E-state index in [4.69, 9.17) is 20.8 Å². The number of rotatable bonds is 6. The smallest absolute Gasteiger partial charge is 0.336 e. The Hall–Kier alpha value is -2.79. The van der Waals surface area contributed by atoms with E-state index < -0.39 is 11.7 Å². The molecule has 1 atom stereocenters. The summed E-state index contributed by atoms with van der Waals surface area (Å²) in [5.41, 5.74) is 1.53. The van der Waals surface area contributed by atoms with Crippen LogP contribution in [0, 0.1) is 5.92 Å². The molecule has 0 radical (unpaired) electrons. The third-order valence-corrected chi connectivity index (χ3v) is 6.14. The largest absolute Gasteiger partial charge is 0.479 e. The number of halogens is 1. The fraction of sp³-hybridized carbons (Fsp3) is 0.360. The summed E-state index contributed by atoms with van der Waals surface area (Å²) in [6, 6.07) is 14.3. The molecule has 0 bridgehead atoms. The van der Waals surface area contributed by atoms with Gasteiger partial charge in [-0.2, -0.15) is 0 Å². The highest BCUT2D eigenvalue weighted by Gasteiger charge is 2.20. The van der Waals surface area contributed by atoms with Gasteiger partial charge in [-0.05, 0) is 42.9 Å². The molecule has 0 saturated heterocycles. The lowest BCUT2D eigenvalue weighted by Crippen LogP contribution is -2.39. The molecule has 31 heavy (non-hydrogen) atoms. The molecule has 1 fully saturated rings.